The van der Waals surface area contributed by atoms with Crippen molar-refractivity contribution in [2.24, 2.45) is 0 Å². The van der Waals surface area contributed by atoms with E-state index < -0.39 is 11.6 Å². The summed E-state index contributed by atoms with van der Waals surface area (Å²) < 4.78 is 26.4. The summed E-state index contributed by atoms with van der Waals surface area (Å²) in [6.07, 6.45) is 2.58. The third kappa shape index (κ3) is 4.29. The molecule has 1 aliphatic rings. The van der Waals surface area contributed by atoms with Crippen molar-refractivity contribution in [2.75, 3.05) is 0 Å². The molecule has 0 aromatic heterocycles. The van der Waals surface area contributed by atoms with Gasteiger partial charge < -0.3 is 5.32 Å². The molecule has 0 saturated heterocycles. The van der Waals surface area contributed by atoms with Crippen molar-refractivity contribution in [3.63, 3.8) is 0 Å². The zero-order chi connectivity index (χ0) is 14.7. The lowest BCUT2D eigenvalue weighted by Gasteiger charge is -2.06. The van der Waals surface area contributed by atoms with Crippen LogP contribution in [0, 0.1) is 11.6 Å². The molecule has 3 rings (SSSR count). The minimum absolute atomic E-state index is 0.479. The Balaban J connectivity index is 1.54. The molecule has 1 saturated carbocycles. The van der Waals surface area contributed by atoms with Crippen molar-refractivity contribution < 1.29 is 8.78 Å². The summed E-state index contributed by atoms with van der Waals surface area (Å²) in [5.74, 6) is -0.507. The molecule has 0 amide bonds. The molecule has 2 aromatic rings. The highest BCUT2D eigenvalue weighted by Crippen LogP contribution is 2.25. The van der Waals surface area contributed by atoms with Gasteiger partial charge in [-0.3, -0.25) is 0 Å². The number of benzene rings is 2. The first-order valence-corrected chi connectivity index (χ1v) is 8.08. The summed E-state index contributed by atoms with van der Waals surface area (Å²) in [7, 11) is 0. The van der Waals surface area contributed by atoms with Crippen molar-refractivity contribution in [3.8, 4) is 0 Å². The van der Waals surface area contributed by atoms with Gasteiger partial charge in [-0.25, -0.2) is 8.78 Å². The predicted molar refractivity (Wildman–Crippen MR) is 82.2 cm³/mol. The molecule has 2 aromatic carbocycles. The van der Waals surface area contributed by atoms with Gasteiger partial charge in [0.15, 0.2) is 0 Å². The summed E-state index contributed by atoms with van der Waals surface area (Å²) in [5, 5.41) is 3.47. The van der Waals surface area contributed by atoms with Crippen LogP contribution in [0.4, 0.5) is 8.78 Å². The molecule has 0 aliphatic heterocycles. The Morgan fingerprint density at radius 3 is 2.48 bits per heavy atom. The summed E-state index contributed by atoms with van der Waals surface area (Å²) in [4.78, 5) is 1.09. The molecule has 21 heavy (non-hydrogen) atoms. The van der Waals surface area contributed by atoms with Gasteiger partial charge in [0.25, 0.3) is 0 Å². The fourth-order valence-electron chi connectivity index (χ4n) is 2.05. The number of thioether (sulfide) groups is 1. The van der Waals surface area contributed by atoms with Crippen molar-refractivity contribution in [3.05, 3.63) is 65.2 Å². The Hall–Kier alpha value is -1.39. The highest BCUT2D eigenvalue weighted by atomic mass is 32.2. The molecule has 0 unspecified atom stereocenters. The number of hydrogen-bond acceptors (Lipinski definition) is 2. The van der Waals surface area contributed by atoms with Crippen LogP contribution >= 0.6 is 11.8 Å². The van der Waals surface area contributed by atoms with Crippen molar-refractivity contribution in [2.45, 2.75) is 36.1 Å². The Bertz CT molecular complexity index is 609. The Morgan fingerprint density at radius 1 is 1.05 bits per heavy atom. The number of rotatable bonds is 6. The molecule has 4 heteroatoms. The summed E-state index contributed by atoms with van der Waals surface area (Å²) in [6, 6.07) is 12.7. The van der Waals surface area contributed by atoms with E-state index >= 15 is 0 Å². The first-order valence-electron chi connectivity index (χ1n) is 7.10. The average molecular weight is 305 g/mol. The molecule has 1 aliphatic carbocycles. The van der Waals surface area contributed by atoms with Crippen molar-refractivity contribution in [1.29, 1.82) is 0 Å². The second-order valence-electron chi connectivity index (χ2n) is 5.32. The van der Waals surface area contributed by atoms with E-state index in [-0.39, 0.29) is 0 Å². The monoisotopic (exact) mass is 305 g/mol. The largest absolute Gasteiger partial charge is 0.310 e. The predicted octanol–water partition coefficient (Wildman–Crippen LogP) is 4.51. The average Bonchev–Trinajstić information content (AvgIpc) is 3.30. The number of hydrogen-bond donors (Lipinski definition) is 1. The summed E-state index contributed by atoms with van der Waals surface area (Å²) in [6.45, 7) is 0.905. The molecule has 0 radical (unpaired) electrons. The van der Waals surface area contributed by atoms with E-state index in [2.05, 4.69) is 29.6 Å². The summed E-state index contributed by atoms with van der Waals surface area (Å²) >= 11 is 1.56. The normalized spacial score (nSPS) is 14.4. The second-order valence-corrected chi connectivity index (χ2v) is 6.37. The van der Waals surface area contributed by atoms with Crippen LogP contribution in [0.1, 0.15) is 24.0 Å². The topological polar surface area (TPSA) is 12.0 Å². The highest BCUT2D eigenvalue weighted by Gasteiger charge is 2.19. The van der Waals surface area contributed by atoms with Crippen LogP contribution < -0.4 is 5.32 Å². The molecule has 1 fully saturated rings. The maximum atomic E-state index is 13.5. The third-order valence-electron chi connectivity index (χ3n) is 3.51. The lowest BCUT2D eigenvalue weighted by atomic mass is 10.2. The molecule has 1 nitrogen and oxygen atoms in total. The van der Waals surface area contributed by atoms with E-state index in [9.17, 15) is 8.78 Å². The van der Waals surface area contributed by atoms with Crippen LogP contribution in [-0.2, 0) is 12.3 Å². The lowest BCUT2D eigenvalue weighted by Crippen LogP contribution is -2.14. The van der Waals surface area contributed by atoms with Crippen LogP contribution in [0.25, 0.3) is 0 Å². The van der Waals surface area contributed by atoms with Gasteiger partial charge in [-0.05, 0) is 42.2 Å². The fourth-order valence-corrected chi connectivity index (χ4v) is 2.94. The van der Waals surface area contributed by atoms with E-state index in [1.54, 1.807) is 11.8 Å². The maximum Gasteiger partial charge on any atom is 0.130 e. The van der Waals surface area contributed by atoms with Crippen LogP contribution in [0.15, 0.2) is 47.4 Å². The first-order chi connectivity index (χ1) is 10.2. The van der Waals surface area contributed by atoms with E-state index in [4.69, 9.17) is 0 Å². The van der Waals surface area contributed by atoms with Crippen LogP contribution in [0.3, 0.4) is 0 Å². The first kappa shape index (κ1) is 14.5. The van der Waals surface area contributed by atoms with Crippen LogP contribution in [-0.4, -0.2) is 6.04 Å². The Morgan fingerprint density at radius 2 is 1.81 bits per heavy atom. The summed E-state index contributed by atoms with van der Waals surface area (Å²) in [5.41, 5.74) is 1.79. The van der Waals surface area contributed by atoms with E-state index in [1.807, 2.05) is 0 Å². The SMILES string of the molecule is Fc1ccc(CSc2ccc(CNC3CC3)cc2)c(F)c1. The quantitative estimate of drug-likeness (QED) is 0.788. The van der Waals surface area contributed by atoms with E-state index in [0.717, 1.165) is 17.5 Å². The minimum Gasteiger partial charge on any atom is -0.310 e. The zero-order valence-electron chi connectivity index (χ0n) is 11.6. The maximum absolute atomic E-state index is 13.5. The lowest BCUT2D eigenvalue weighted by molar-refractivity contribution is 0.576. The van der Waals surface area contributed by atoms with Gasteiger partial charge in [0, 0.05) is 29.3 Å². The van der Waals surface area contributed by atoms with Gasteiger partial charge >= 0.3 is 0 Å². The zero-order valence-corrected chi connectivity index (χ0v) is 12.4. The van der Waals surface area contributed by atoms with Gasteiger partial charge in [0.1, 0.15) is 11.6 Å². The molecule has 0 heterocycles. The van der Waals surface area contributed by atoms with Crippen molar-refractivity contribution in [1.82, 2.24) is 5.32 Å². The molecular weight excluding hydrogens is 288 g/mol. The van der Waals surface area contributed by atoms with Gasteiger partial charge in [-0.1, -0.05) is 18.2 Å². The number of nitrogens with one attached hydrogen (secondary N) is 1. The molecule has 1 N–H and O–H groups in total. The second kappa shape index (κ2) is 6.58. The van der Waals surface area contributed by atoms with Crippen LogP contribution in [0.5, 0.6) is 0 Å². The van der Waals surface area contributed by atoms with E-state index in [1.165, 1.54) is 30.5 Å². The van der Waals surface area contributed by atoms with Gasteiger partial charge in [0.05, 0.1) is 0 Å². The smallest absolute Gasteiger partial charge is 0.130 e. The van der Waals surface area contributed by atoms with Crippen LogP contribution in [0.2, 0.25) is 0 Å². The van der Waals surface area contributed by atoms with Gasteiger partial charge in [-0.15, -0.1) is 11.8 Å². The fraction of sp³-hybridized carbons (Fsp3) is 0.294. The highest BCUT2D eigenvalue weighted by molar-refractivity contribution is 7.98. The van der Waals surface area contributed by atoms with Crippen molar-refractivity contribution >= 4 is 11.8 Å². The minimum atomic E-state index is -0.534. The number of halogens is 2. The molecule has 0 spiro atoms. The molecular formula is C17H17F2NS. The Kier molecular flexibility index (Phi) is 4.56. The Labute approximate surface area is 127 Å². The van der Waals surface area contributed by atoms with Gasteiger partial charge in [-0.2, -0.15) is 0 Å². The van der Waals surface area contributed by atoms with Gasteiger partial charge in [0.2, 0.25) is 0 Å². The molecule has 0 bridgehead atoms. The standard InChI is InChI=1S/C17H17F2NS/c18-14-4-3-13(17(19)9-14)11-21-16-7-1-12(2-8-16)10-20-15-5-6-15/h1-4,7-9,15,20H,5-6,10-11H2. The van der Waals surface area contributed by atoms with E-state index in [0.29, 0.717) is 17.4 Å². The molecule has 0 atom stereocenters. The third-order valence-corrected chi connectivity index (χ3v) is 4.57. The molecule has 110 valence electrons.